The molecule has 0 atom stereocenters. The second-order valence-corrected chi connectivity index (χ2v) is 4.77. The summed E-state index contributed by atoms with van der Waals surface area (Å²) >= 11 is 3.02. The van der Waals surface area contributed by atoms with Gasteiger partial charge in [0.15, 0.2) is 6.61 Å². The quantitative estimate of drug-likeness (QED) is 0.919. The topological polar surface area (TPSA) is 38.3 Å². The molecule has 2 aromatic rings. The molecule has 2 rings (SSSR count). The van der Waals surface area contributed by atoms with E-state index in [1.165, 1.54) is 42.5 Å². The Bertz CT molecular complexity index is 617. The normalized spacial score (nSPS) is 10.2. The maximum absolute atomic E-state index is 13.0. The first-order chi connectivity index (χ1) is 9.54. The van der Waals surface area contributed by atoms with Crippen LogP contribution in [0.4, 0.5) is 14.5 Å². The molecular weight excluding hydrogens is 332 g/mol. The lowest BCUT2D eigenvalue weighted by atomic mass is 10.3. The lowest BCUT2D eigenvalue weighted by Crippen LogP contribution is -2.20. The smallest absolute Gasteiger partial charge is 0.262 e. The van der Waals surface area contributed by atoms with Gasteiger partial charge in [0.05, 0.1) is 4.47 Å². The highest BCUT2D eigenvalue weighted by molar-refractivity contribution is 9.10. The molecule has 2 aromatic carbocycles. The Morgan fingerprint density at radius 1 is 1.15 bits per heavy atom. The molecule has 0 aliphatic heterocycles. The minimum atomic E-state index is -0.409. The number of anilines is 1. The number of carbonyl (C=O) groups excluding carboxylic acids is 1. The van der Waals surface area contributed by atoms with Crippen molar-refractivity contribution in [1.82, 2.24) is 0 Å². The third kappa shape index (κ3) is 4.03. The van der Waals surface area contributed by atoms with Crippen molar-refractivity contribution in [2.75, 3.05) is 11.9 Å². The summed E-state index contributed by atoms with van der Waals surface area (Å²) in [6.07, 6.45) is 0. The first kappa shape index (κ1) is 14.5. The molecule has 0 radical (unpaired) electrons. The van der Waals surface area contributed by atoms with E-state index in [1.54, 1.807) is 0 Å². The van der Waals surface area contributed by atoms with Crippen LogP contribution in [0.5, 0.6) is 5.75 Å². The van der Waals surface area contributed by atoms with Crippen LogP contribution >= 0.6 is 15.9 Å². The number of rotatable bonds is 4. The molecule has 0 aliphatic rings. The molecule has 104 valence electrons. The van der Waals surface area contributed by atoms with Gasteiger partial charge in [0.1, 0.15) is 17.4 Å². The zero-order valence-electron chi connectivity index (χ0n) is 10.2. The highest BCUT2D eigenvalue weighted by atomic mass is 79.9. The van der Waals surface area contributed by atoms with E-state index in [1.807, 2.05) is 0 Å². The molecule has 3 nitrogen and oxygen atoms in total. The van der Waals surface area contributed by atoms with Gasteiger partial charge in [0.2, 0.25) is 0 Å². The van der Waals surface area contributed by atoms with Gasteiger partial charge in [-0.1, -0.05) is 0 Å². The van der Waals surface area contributed by atoms with Gasteiger partial charge in [-0.15, -0.1) is 0 Å². The van der Waals surface area contributed by atoms with Crippen molar-refractivity contribution in [2.45, 2.75) is 0 Å². The summed E-state index contributed by atoms with van der Waals surface area (Å²) < 4.78 is 31.2. The van der Waals surface area contributed by atoms with Crippen LogP contribution in [0.25, 0.3) is 0 Å². The van der Waals surface area contributed by atoms with Gasteiger partial charge >= 0.3 is 0 Å². The van der Waals surface area contributed by atoms with Crippen LogP contribution in [-0.4, -0.2) is 12.5 Å². The number of amides is 1. The number of ether oxygens (including phenoxy) is 1. The molecule has 20 heavy (non-hydrogen) atoms. The van der Waals surface area contributed by atoms with Crippen LogP contribution in [0.1, 0.15) is 0 Å². The minimum absolute atomic E-state index is 0.227. The summed E-state index contributed by atoms with van der Waals surface area (Å²) in [5.74, 6) is -0.812. The molecule has 0 unspecified atom stereocenters. The van der Waals surface area contributed by atoms with Gasteiger partial charge in [-0.05, 0) is 58.4 Å². The monoisotopic (exact) mass is 341 g/mol. The molecule has 0 bridgehead atoms. The third-order valence-electron chi connectivity index (χ3n) is 2.39. The highest BCUT2D eigenvalue weighted by Crippen LogP contribution is 2.21. The SMILES string of the molecule is O=C(COc1ccc(F)c(Br)c1)Nc1ccc(F)cc1. The van der Waals surface area contributed by atoms with E-state index in [4.69, 9.17) is 4.74 Å². The van der Waals surface area contributed by atoms with Crippen molar-refractivity contribution in [3.8, 4) is 5.75 Å². The average Bonchev–Trinajstić information content (AvgIpc) is 2.43. The standard InChI is InChI=1S/C14H10BrF2NO2/c15-12-7-11(5-6-13(12)17)20-8-14(19)18-10-3-1-9(16)2-4-10/h1-7H,8H2,(H,18,19). The van der Waals surface area contributed by atoms with Gasteiger partial charge in [0, 0.05) is 5.69 Å². The zero-order valence-corrected chi connectivity index (χ0v) is 11.8. The molecule has 0 spiro atoms. The van der Waals surface area contributed by atoms with E-state index in [0.717, 1.165) is 0 Å². The van der Waals surface area contributed by atoms with E-state index >= 15 is 0 Å². The second kappa shape index (κ2) is 6.47. The summed E-state index contributed by atoms with van der Waals surface area (Å²) in [6.45, 7) is -0.227. The fourth-order valence-electron chi connectivity index (χ4n) is 1.45. The molecule has 0 fully saturated rings. The molecule has 1 amide bonds. The van der Waals surface area contributed by atoms with Gasteiger partial charge in [0.25, 0.3) is 5.91 Å². The maximum Gasteiger partial charge on any atom is 0.262 e. The molecule has 0 saturated heterocycles. The Morgan fingerprint density at radius 3 is 2.50 bits per heavy atom. The highest BCUT2D eigenvalue weighted by Gasteiger charge is 2.06. The van der Waals surface area contributed by atoms with Gasteiger partial charge in [-0.2, -0.15) is 0 Å². The van der Waals surface area contributed by atoms with Crippen molar-refractivity contribution in [2.24, 2.45) is 0 Å². The van der Waals surface area contributed by atoms with E-state index < -0.39 is 11.7 Å². The fraction of sp³-hybridized carbons (Fsp3) is 0.0714. The first-order valence-electron chi connectivity index (χ1n) is 5.68. The van der Waals surface area contributed by atoms with Crippen LogP contribution in [0, 0.1) is 11.6 Å². The molecule has 0 saturated carbocycles. The molecule has 0 aromatic heterocycles. The lowest BCUT2D eigenvalue weighted by Gasteiger charge is -2.08. The molecule has 0 aliphatic carbocycles. The van der Waals surface area contributed by atoms with E-state index in [2.05, 4.69) is 21.2 Å². The predicted octanol–water partition coefficient (Wildman–Crippen LogP) is 3.74. The molecule has 0 heterocycles. The summed E-state index contributed by atoms with van der Waals surface area (Å²) in [5, 5.41) is 2.55. The number of halogens is 3. The molecule has 6 heteroatoms. The third-order valence-corrected chi connectivity index (χ3v) is 3.00. The fourth-order valence-corrected chi connectivity index (χ4v) is 1.80. The van der Waals surface area contributed by atoms with Crippen LogP contribution in [0.2, 0.25) is 0 Å². The van der Waals surface area contributed by atoms with Crippen LogP contribution in [-0.2, 0) is 4.79 Å². The summed E-state index contributed by atoms with van der Waals surface area (Å²) in [7, 11) is 0. The van der Waals surface area contributed by atoms with E-state index in [9.17, 15) is 13.6 Å². The summed E-state index contributed by atoms with van der Waals surface area (Å²) in [4.78, 5) is 11.6. The van der Waals surface area contributed by atoms with Gasteiger partial charge in [-0.25, -0.2) is 8.78 Å². The summed E-state index contributed by atoms with van der Waals surface area (Å²) in [6, 6.07) is 9.47. The molecular formula is C14H10BrF2NO2. The predicted molar refractivity (Wildman–Crippen MR) is 74.6 cm³/mol. The van der Waals surface area contributed by atoms with Crippen molar-refractivity contribution >= 4 is 27.5 Å². The minimum Gasteiger partial charge on any atom is -0.484 e. The Kier molecular flexibility index (Phi) is 4.68. The van der Waals surface area contributed by atoms with Crippen molar-refractivity contribution in [3.05, 3.63) is 58.6 Å². The van der Waals surface area contributed by atoms with Crippen molar-refractivity contribution in [3.63, 3.8) is 0 Å². The van der Waals surface area contributed by atoms with Crippen molar-refractivity contribution < 1.29 is 18.3 Å². The molecule has 1 N–H and O–H groups in total. The lowest BCUT2D eigenvalue weighted by molar-refractivity contribution is -0.118. The Hall–Kier alpha value is -1.95. The maximum atomic E-state index is 13.0. The van der Waals surface area contributed by atoms with E-state index in [0.29, 0.717) is 11.4 Å². The van der Waals surface area contributed by atoms with Crippen molar-refractivity contribution in [1.29, 1.82) is 0 Å². The van der Waals surface area contributed by atoms with Crippen LogP contribution in [0.15, 0.2) is 46.9 Å². The first-order valence-corrected chi connectivity index (χ1v) is 6.47. The Balaban J connectivity index is 1.88. The number of carbonyl (C=O) groups is 1. The number of hydrogen-bond donors (Lipinski definition) is 1. The zero-order chi connectivity index (χ0) is 14.5. The van der Waals surface area contributed by atoms with E-state index in [-0.39, 0.29) is 16.9 Å². The van der Waals surface area contributed by atoms with Crippen LogP contribution < -0.4 is 10.1 Å². The van der Waals surface area contributed by atoms with Gasteiger partial charge in [-0.3, -0.25) is 4.79 Å². The number of benzene rings is 2. The van der Waals surface area contributed by atoms with Crippen LogP contribution in [0.3, 0.4) is 0 Å². The average molecular weight is 342 g/mol. The van der Waals surface area contributed by atoms with Gasteiger partial charge < -0.3 is 10.1 Å². The second-order valence-electron chi connectivity index (χ2n) is 3.92. The Labute approximate surface area is 122 Å². The number of hydrogen-bond acceptors (Lipinski definition) is 2. The largest absolute Gasteiger partial charge is 0.484 e. The number of nitrogens with one attached hydrogen (secondary N) is 1. The Morgan fingerprint density at radius 2 is 1.85 bits per heavy atom. The summed E-state index contributed by atoms with van der Waals surface area (Å²) in [5.41, 5.74) is 0.472.